The van der Waals surface area contributed by atoms with Gasteiger partial charge in [0.15, 0.2) is 0 Å². The quantitative estimate of drug-likeness (QED) is 0.754. The van der Waals surface area contributed by atoms with Gasteiger partial charge in [-0.2, -0.15) is 0 Å². The van der Waals surface area contributed by atoms with Crippen LogP contribution in [0, 0.1) is 5.92 Å². The molecule has 1 aromatic rings. The van der Waals surface area contributed by atoms with Crippen molar-refractivity contribution in [3.05, 3.63) is 29.3 Å². The minimum absolute atomic E-state index is 0.241. The summed E-state index contributed by atoms with van der Waals surface area (Å²) < 4.78 is 5.83. The summed E-state index contributed by atoms with van der Waals surface area (Å²) in [7, 11) is 0. The molecule has 1 aromatic carbocycles. The second-order valence-electron chi connectivity index (χ2n) is 4.24. The summed E-state index contributed by atoms with van der Waals surface area (Å²) in [6, 6.07) is 7.42. The molecule has 0 aromatic heterocycles. The Morgan fingerprint density at radius 1 is 1.12 bits per heavy atom. The summed E-state index contributed by atoms with van der Waals surface area (Å²) in [6.45, 7) is 0. The molecule has 0 aliphatic heterocycles. The van der Waals surface area contributed by atoms with E-state index < -0.39 is 0 Å². The van der Waals surface area contributed by atoms with Crippen molar-refractivity contribution in [2.75, 3.05) is 0 Å². The van der Waals surface area contributed by atoms with Gasteiger partial charge >= 0.3 is 0 Å². The minimum Gasteiger partial charge on any atom is -0.490 e. The molecule has 0 atom stereocenters. The fourth-order valence-corrected chi connectivity index (χ4v) is 2.17. The smallest absolute Gasteiger partial charge is 0.123 e. The maximum absolute atomic E-state index is 10.6. The molecule has 3 heteroatoms. The number of benzene rings is 1. The van der Waals surface area contributed by atoms with Crippen LogP contribution in [-0.2, 0) is 4.79 Å². The Balaban J connectivity index is 1.86. The predicted octanol–water partition coefficient (Wildman–Crippen LogP) is 3.48. The second-order valence-corrected chi connectivity index (χ2v) is 4.68. The first kappa shape index (κ1) is 11.5. The molecule has 2 rings (SSSR count). The van der Waals surface area contributed by atoms with Gasteiger partial charge in [0.1, 0.15) is 12.0 Å². The number of carbonyl (C=O) groups excluding carboxylic acids is 1. The zero-order chi connectivity index (χ0) is 11.4. The van der Waals surface area contributed by atoms with Gasteiger partial charge in [0, 0.05) is 10.9 Å². The van der Waals surface area contributed by atoms with Crippen molar-refractivity contribution < 1.29 is 9.53 Å². The number of hydrogen-bond donors (Lipinski definition) is 0. The van der Waals surface area contributed by atoms with E-state index in [4.69, 9.17) is 16.3 Å². The first-order valence-corrected chi connectivity index (χ1v) is 6.03. The number of aldehydes is 1. The third-order valence-electron chi connectivity index (χ3n) is 3.03. The highest BCUT2D eigenvalue weighted by Crippen LogP contribution is 2.27. The van der Waals surface area contributed by atoms with E-state index in [-0.39, 0.29) is 12.0 Å². The van der Waals surface area contributed by atoms with Gasteiger partial charge in [-0.1, -0.05) is 11.6 Å². The van der Waals surface area contributed by atoms with Crippen molar-refractivity contribution in [2.24, 2.45) is 5.92 Å². The molecule has 0 heterocycles. The largest absolute Gasteiger partial charge is 0.490 e. The van der Waals surface area contributed by atoms with Gasteiger partial charge in [0.25, 0.3) is 0 Å². The molecule has 1 fully saturated rings. The van der Waals surface area contributed by atoms with E-state index in [9.17, 15) is 4.79 Å². The van der Waals surface area contributed by atoms with Gasteiger partial charge in [0.05, 0.1) is 6.10 Å². The van der Waals surface area contributed by atoms with E-state index in [0.717, 1.165) is 42.7 Å². The number of rotatable bonds is 3. The van der Waals surface area contributed by atoms with E-state index in [1.54, 1.807) is 0 Å². The Morgan fingerprint density at radius 3 is 2.31 bits per heavy atom. The van der Waals surface area contributed by atoms with Crippen LogP contribution in [0.25, 0.3) is 0 Å². The first-order valence-electron chi connectivity index (χ1n) is 5.65. The summed E-state index contributed by atoms with van der Waals surface area (Å²) in [5.41, 5.74) is 0. The maximum atomic E-state index is 10.6. The molecule has 1 aliphatic carbocycles. The fraction of sp³-hybridized carbons (Fsp3) is 0.462. The lowest BCUT2D eigenvalue weighted by Crippen LogP contribution is -2.24. The molecule has 0 amide bonds. The molecule has 0 unspecified atom stereocenters. The van der Waals surface area contributed by atoms with Crippen LogP contribution in [0.2, 0.25) is 5.02 Å². The van der Waals surface area contributed by atoms with Crippen LogP contribution in [0.4, 0.5) is 0 Å². The van der Waals surface area contributed by atoms with Crippen LogP contribution in [0.5, 0.6) is 5.75 Å². The van der Waals surface area contributed by atoms with Crippen molar-refractivity contribution in [1.82, 2.24) is 0 Å². The van der Waals surface area contributed by atoms with E-state index in [2.05, 4.69) is 0 Å². The van der Waals surface area contributed by atoms with Crippen molar-refractivity contribution in [3.8, 4) is 5.75 Å². The molecule has 0 N–H and O–H groups in total. The second kappa shape index (κ2) is 5.35. The molecule has 0 radical (unpaired) electrons. The summed E-state index contributed by atoms with van der Waals surface area (Å²) in [4.78, 5) is 10.6. The Bertz CT molecular complexity index is 339. The van der Waals surface area contributed by atoms with Gasteiger partial charge in [0.2, 0.25) is 0 Å². The molecule has 16 heavy (non-hydrogen) atoms. The van der Waals surface area contributed by atoms with Gasteiger partial charge in [-0.25, -0.2) is 0 Å². The fourth-order valence-electron chi connectivity index (χ4n) is 2.05. The standard InChI is InChI=1S/C13H15ClO2/c14-11-3-7-13(8-4-11)16-12-5-1-10(9-15)2-6-12/h3-4,7-10,12H,1-2,5-6H2/t10-,12-. The summed E-state index contributed by atoms with van der Waals surface area (Å²) in [5.74, 6) is 1.10. The lowest BCUT2D eigenvalue weighted by Gasteiger charge is -2.26. The van der Waals surface area contributed by atoms with Gasteiger partial charge in [-0.3, -0.25) is 0 Å². The molecule has 86 valence electrons. The predicted molar refractivity (Wildman–Crippen MR) is 63.9 cm³/mol. The Kier molecular flexibility index (Phi) is 3.83. The molecule has 0 bridgehead atoms. The minimum atomic E-state index is 0.241. The van der Waals surface area contributed by atoms with Crippen molar-refractivity contribution in [1.29, 1.82) is 0 Å². The molecule has 0 saturated heterocycles. The van der Waals surface area contributed by atoms with Crippen LogP contribution >= 0.6 is 11.6 Å². The van der Waals surface area contributed by atoms with Crippen LogP contribution < -0.4 is 4.74 Å². The highest BCUT2D eigenvalue weighted by Gasteiger charge is 2.21. The molecular weight excluding hydrogens is 224 g/mol. The van der Waals surface area contributed by atoms with E-state index in [1.807, 2.05) is 24.3 Å². The number of halogens is 1. The van der Waals surface area contributed by atoms with Gasteiger partial charge in [-0.05, 0) is 49.9 Å². The van der Waals surface area contributed by atoms with Crippen LogP contribution in [0.1, 0.15) is 25.7 Å². The summed E-state index contributed by atoms with van der Waals surface area (Å²) in [5, 5.41) is 0.719. The number of ether oxygens (including phenoxy) is 1. The number of hydrogen-bond acceptors (Lipinski definition) is 2. The van der Waals surface area contributed by atoms with Crippen molar-refractivity contribution in [3.63, 3.8) is 0 Å². The normalized spacial score (nSPS) is 25.1. The van der Waals surface area contributed by atoms with Crippen LogP contribution in [0.15, 0.2) is 24.3 Å². The van der Waals surface area contributed by atoms with Gasteiger partial charge < -0.3 is 9.53 Å². The molecule has 0 spiro atoms. The Morgan fingerprint density at radius 2 is 1.75 bits per heavy atom. The van der Waals surface area contributed by atoms with E-state index >= 15 is 0 Å². The average molecular weight is 239 g/mol. The Labute approximate surface area is 101 Å². The molecular formula is C13H15ClO2. The lowest BCUT2D eigenvalue weighted by molar-refractivity contribution is -0.112. The van der Waals surface area contributed by atoms with E-state index in [0.29, 0.717) is 0 Å². The monoisotopic (exact) mass is 238 g/mol. The lowest BCUT2D eigenvalue weighted by atomic mass is 9.88. The zero-order valence-electron chi connectivity index (χ0n) is 9.06. The van der Waals surface area contributed by atoms with Crippen LogP contribution in [-0.4, -0.2) is 12.4 Å². The summed E-state index contributed by atoms with van der Waals surface area (Å²) >= 11 is 5.80. The first-order chi connectivity index (χ1) is 7.78. The third-order valence-corrected chi connectivity index (χ3v) is 3.28. The third kappa shape index (κ3) is 2.99. The summed E-state index contributed by atoms with van der Waals surface area (Å²) in [6.07, 6.45) is 5.14. The highest BCUT2D eigenvalue weighted by molar-refractivity contribution is 6.30. The van der Waals surface area contributed by atoms with Crippen molar-refractivity contribution in [2.45, 2.75) is 31.8 Å². The molecule has 1 aliphatic rings. The van der Waals surface area contributed by atoms with Crippen molar-refractivity contribution >= 4 is 17.9 Å². The topological polar surface area (TPSA) is 26.3 Å². The zero-order valence-corrected chi connectivity index (χ0v) is 9.82. The highest BCUT2D eigenvalue weighted by atomic mass is 35.5. The SMILES string of the molecule is O=C[C@H]1CC[C@H](Oc2ccc(Cl)cc2)CC1. The molecule has 2 nitrogen and oxygen atoms in total. The Hall–Kier alpha value is -1.02. The van der Waals surface area contributed by atoms with E-state index in [1.165, 1.54) is 0 Å². The van der Waals surface area contributed by atoms with Crippen LogP contribution in [0.3, 0.4) is 0 Å². The molecule has 1 saturated carbocycles. The average Bonchev–Trinajstić information content (AvgIpc) is 2.33. The van der Waals surface area contributed by atoms with Gasteiger partial charge in [-0.15, -0.1) is 0 Å². The number of carbonyl (C=O) groups is 1. The maximum Gasteiger partial charge on any atom is 0.123 e.